The Hall–Kier alpha value is -0.0400. The summed E-state index contributed by atoms with van der Waals surface area (Å²) in [5.41, 5.74) is 0. The third-order valence-corrected chi connectivity index (χ3v) is 14.0. The number of ether oxygens (including phenoxy) is 1. The van der Waals surface area contributed by atoms with Crippen molar-refractivity contribution in [3.8, 4) is 0 Å². The van der Waals surface area contributed by atoms with E-state index in [4.69, 9.17) is 4.74 Å². The SMILES string of the molecule is CCCCCCCCCCCCCCCCCCCC(OC(CCCCCCCCCCCCCCCCCCC)C(CC)CCCCC)C(CC)CCCCC. The van der Waals surface area contributed by atoms with Gasteiger partial charge in [-0.25, -0.2) is 0 Å². The normalized spacial score (nSPS) is 14.0. The molecule has 0 rings (SSSR count). The molecule has 0 radical (unpaired) electrons. The van der Waals surface area contributed by atoms with Gasteiger partial charge < -0.3 is 4.74 Å². The van der Waals surface area contributed by atoms with Gasteiger partial charge in [0.2, 0.25) is 0 Å². The summed E-state index contributed by atoms with van der Waals surface area (Å²) in [6.45, 7) is 14.3. The summed E-state index contributed by atoms with van der Waals surface area (Å²) in [4.78, 5) is 0. The van der Waals surface area contributed by atoms with Crippen molar-refractivity contribution < 1.29 is 4.74 Å². The van der Waals surface area contributed by atoms with E-state index in [9.17, 15) is 0 Å². The van der Waals surface area contributed by atoms with Gasteiger partial charge in [-0.15, -0.1) is 0 Å². The molecule has 1 nitrogen and oxygen atoms in total. The molecule has 57 heavy (non-hydrogen) atoms. The van der Waals surface area contributed by atoms with Gasteiger partial charge in [-0.05, 0) is 37.5 Å². The van der Waals surface area contributed by atoms with Gasteiger partial charge in [0.05, 0.1) is 12.2 Å². The number of hydrogen-bond acceptors (Lipinski definition) is 1. The summed E-state index contributed by atoms with van der Waals surface area (Å²) in [5, 5.41) is 0. The molecule has 1 heteroatoms. The second-order valence-corrected chi connectivity index (χ2v) is 19.4. The van der Waals surface area contributed by atoms with E-state index in [1.807, 2.05) is 0 Å². The Kier molecular flexibility index (Phi) is 48.6. The standard InChI is InChI=1S/C56H114O/c1-7-13-17-19-21-23-25-27-29-31-33-35-37-39-41-43-47-51-55(53(11-5)49-45-15-9-3)57-56(54(12-6)50-46-16-10-4)52-48-44-42-40-38-36-34-32-30-28-26-24-22-20-18-14-8-2/h53-56H,7-52H2,1-6H3. The Morgan fingerprint density at radius 1 is 0.211 bits per heavy atom. The fraction of sp³-hybridized carbons (Fsp3) is 1.00. The van der Waals surface area contributed by atoms with Crippen LogP contribution in [-0.2, 0) is 4.74 Å². The van der Waals surface area contributed by atoms with Gasteiger partial charge in [-0.3, -0.25) is 0 Å². The molecule has 0 fully saturated rings. The lowest BCUT2D eigenvalue weighted by Crippen LogP contribution is -2.33. The molecule has 0 aliphatic heterocycles. The topological polar surface area (TPSA) is 9.23 Å². The first-order chi connectivity index (χ1) is 28.2. The van der Waals surface area contributed by atoms with E-state index in [1.165, 1.54) is 295 Å². The molecule has 0 aromatic carbocycles. The van der Waals surface area contributed by atoms with Crippen molar-refractivity contribution in [1.29, 1.82) is 0 Å². The quantitative estimate of drug-likeness (QED) is 0.0557. The van der Waals surface area contributed by atoms with Crippen molar-refractivity contribution in [3.63, 3.8) is 0 Å². The molecule has 0 saturated carbocycles. The van der Waals surface area contributed by atoms with Crippen molar-refractivity contribution in [1.82, 2.24) is 0 Å². The number of unbranched alkanes of at least 4 members (excludes halogenated alkanes) is 36. The van der Waals surface area contributed by atoms with E-state index < -0.39 is 0 Å². The largest absolute Gasteiger partial charge is 0.374 e. The van der Waals surface area contributed by atoms with Crippen LogP contribution in [0.3, 0.4) is 0 Å². The van der Waals surface area contributed by atoms with Gasteiger partial charge in [0, 0.05) is 0 Å². The number of hydrogen-bond donors (Lipinski definition) is 0. The van der Waals surface area contributed by atoms with E-state index in [2.05, 4.69) is 41.5 Å². The van der Waals surface area contributed by atoms with Crippen LogP contribution >= 0.6 is 0 Å². The predicted octanol–water partition coefficient (Wildman–Crippen LogP) is 21.0. The van der Waals surface area contributed by atoms with Crippen molar-refractivity contribution in [2.24, 2.45) is 11.8 Å². The Labute approximate surface area is 364 Å². The molecule has 0 bridgehead atoms. The van der Waals surface area contributed by atoms with Crippen molar-refractivity contribution in [2.75, 3.05) is 0 Å². The molecule has 0 aliphatic rings. The van der Waals surface area contributed by atoms with Crippen LogP contribution in [0.5, 0.6) is 0 Å². The van der Waals surface area contributed by atoms with Crippen molar-refractivity contribution in [2.45, 2.75) is 349 Å². The zero-order valence-electron chi connectivity index (χ0n) is 41.2. The lowest BCUT2D eigenvalue weighted by Gasteiger charge is -2.35. The predicted molar refractivity (Wildman–Crippen MR) is 262 cm³/mol. The molecule has 4 atom stereocenters. The first-order valence-electron chi connectivity index (χ1n) is 27.8. The van der Waals surface area contributed by atoms with Crippen LogP contribution in [0.2, 0.25) is 0 Å². The molecule has 4 unspecified atom stereocenters. The van der Waals surface area contributed by atoms with Gasteiger partial charge in [0.1, 0.15) is 0 Å². The fourth-order valence-corrected chi connectivity index (χ4v) is 9.81. The molecule has 0 spiro atoms. The van der Waals surface area contributed by atoms with Crippen LogP contribution in [0.4, 0.5) is 0 Å². The zero-order chi connectivity index (χ0) is 41.5. The molecule has 0 amide bonds. The molecular formula is C56H114O. The van der Waals surface area contributed by atoms with Gasteiger partial charge in [-0.2, -0.15) is 0 Å². The summed E-state index contributed by atoms with van der Waals surface area (Å²) < 4.78 is 7.48. The van der Waals surface area contributed by atoms with Gasteiger partial charge in [0.25, 0.3) is 0 Å². The van der Waals surface area contributed by atoms with E-state index in [0.717, 1.165) is 11.8 Å². The summed E-state index contributed by atoms with van der Waals surface area (Å²) in [7, 11) is 0. The summed E-state index contributed by atoms with van der Waals surface area (Å²) in [6.07, 6.45) is 66.6. The second kappa shape index (κ2) is 48.6. The van der Waals surface area contributed by atoms with Gasteiger partial charge in [-0.1, -0.05) is 311 Å². The van der Waals surface area contributed by atoms with Crippen LogP contribution in [0.25, 0.3) is 0 Å². The molecule has 0 aliphatic carbocycles. The Morgan fingerprint density at radius 3 is 0.596 bits per heavy atom. The molecular weight excluding hydrogens is 689 g/mol. The van der Waals surface area contributed by atoms with Gasteiger partial charge >= 0.3 is 0 Å². The lowest BCUT2D eigenvalue weighted by atomic mass is 9.86. The minimum atomic E-state index is 0.485. The average molecular weight is 804 g/mol. The molecule has 0 aromatic heterocycles. The highest BCUT2D eigenvalue weighted by Crippen LogP contribution is 2.32. The van der Waals surface area contributed by atoms with E-state index in [1.54, 1.807) is 0 Å². The van der Waals surface area contributed by atoms with Crippen molar-refractivity contribution in [3.05, 3.63) is 0 Å². The maximum atomic E-state index is 7.48. The molecule has 0 N–H and O–H groups in total. The minimum Gasteiger partial charge on any atom is -0.374 e. The lowest BCUT2D eigenvalue weighted by molar-refractivity contribution is -0.0823. The average Bonchev–Trinajstić information content (AvgIpc) is 3.22. The van der Waals surface area contributed by atoms with E-state index in [-0.39, 0.29) is 0 Å². The molecule has 344 valence electrons. The first kappa shape index (κ1) is 57.0. The highest BCUT2D eigenvalue weighted by Gasteiger charge is 2.28. The summed E-state index contributed by atoms with van der Waals surface area (Å²) >= 11 is 0. The monoisotopic (exact) mass is 803 g/mol. The van der Waals surface area contributed by atoms with Gasteiger partial charge in [0.15, 0.2) is 0 Å². The molecule has 0 saturated heterocycles. The van der Waals surface area contributed by atoms with Crippen molar-refractivity contribution >= 4 is 0 Å². The maximum Gasteiger partial charge on any atom is 0.0607 e. The smallest absolute Gasteiger partial charge is 0.0607 e. The van der Waals surface area contributed by atoms with Crippen LogP contribution < -0.4 is 0 Å². The third kappa shape index (κ3) is 39.8. The molecule has 0 aromatic rings. The minimum absolute atomic E-state index is 0.485. The highest BCUT2D eigenvalue weighted by atomic mass is 16.5. The Balaban J connectivity index is 4.62. The first-order valence-corrected chi connectivity index (χ1v) is 27.8. The Morgan fingerprint density at radius 2 is 0.386 bits per heavy atom. The fourth-order valence-electron chi connectivity index (χ4n) is 9.81. The second-order valence-electron chi connectivity index (χ2n) is 19.4. The van der Waals surface area contributed by atoms with Crippen LogP contribution in [0.1, 0.15) is 337 Å². The molecule has 0 heterocycles. The van der Waals surface area contributed by atoms with E-state index >= 15 is 0 Å². The van der Waals surface area contributed by atoms with Crippen LogP contribution in [0.15, 0.2) is 0 Å². The van der Waals surface area contributed by atoms with Crippen LogP contribution in [0, 0.1) is 11.8 Å². The summed E-state index contributed by atoms with van der Waals surface area (Å²) in [6, 6.07) is 0. The van der Waals surface area contributed by atoms with Crippen LogP contribution in [-0.4, -0.2) is 12.2 Å². The highest BCUT2D eigenvalue weighted by molar-refractivity contribution is 4.77. The summed E-state index contributed by atoms with van der Waals surface area (Å²) in [5.74, 6) is 1.51. The number of rotatable bonds is 50. The Bertz CT molecular complexity index is 643. The maximum absolute atomic E-state index is 7.48. The third-order valence-electron chi connectivity index (χ3n) is 14.0. The van der Waals surface area contributed by atoms with E-state index in [0.29, 0.717) is 12.2 Å². The zero-order valence-corrected chi connectivity index (χ0v) is 41.2.